The number of hydrogen-bond acceptors (Lipinski definition) is 4. The highest BCUT2D eigenvalue weighted by Crippen LogP contribution is 2.36. The number of carboxylic acid groups (broad SMARTS) is 1. The van der Waals surface area contributed by atoms with Gasteiger partial charge >= 0.3 is 5.97 Å². The summed E-state index contributed by atoms with van der Waals surface area (Å²) < 4.78 is 11.6. The van der Waals surface area contributed by atoms with E-state index in [1.54, 1.807) is 13.2 Å². The molecule has 22 heavy (non-hydrogen) atoms. The molecule has 0 spiro atoms. The zero-order valence-electron chi connectivity index (χ0n) is 13.1. The summed E-state index contributed by atoms with van der Waals surface area (Å²) in [7, 11) is 1.56. The maximum atomic E-state index is 11.2. The van der Waals surface area contributed by atoms with Gasteiger partial charge < -0.3 is 19.9 Å². The number of carbonyl (C=O) groups is 1. The molecule has 1 aromatic carbocycles. The van der Waals surface area contributed by atoms with Gasteiger partial charge in [-0.05, 0) is 39.5 Å². The van der Waals surface area contributed by atoms with Crippen LogP contribution in [0.4, 0.5) is 0 Å². The molecule has 1 aromatic rings. The molecule has 0 aromatic heterocycles. The van der Waals surface area contributed by atoms with Gasteiger partial charge in [0.15, 0.2) is 11.5 Å². The number of rotatable bonds is 9. The summed E-state index contributed by atoms with van der Waals surface area (Å²) in [5, 5.41) is 12.2. The first-order chi connectivity index (χ1) is 10.4. The van der Waals surface area contributed by atoms with Crippen LogP contribution in [-0.4, -0.2) is 30.8 Å². The molecule has 0 saturated carbocycles. The first kappa shape index (κ1) is 18.5. The summed E-state index contributed by atoms with van der Waals surface area (Å²) in [6.07, 6.45) is 1.65. The van der Waals surface area contributed by atoms with Crippen LogP contribution in [-0.2, 0) is 11.3 Å². The predicted molar refractivity (Wildman–Crippen MR) is 89.5 cm³/mol. The van der Waals surface area contributed by atoms with Crippen molar-refractivity contribution in [2.45, 2.75) is 26.4 Å². The average molecular weight is 372 g/mol. The number of aliphatic carboxylic acids is 1. The number of halogens is 1. The summed E-state index contributed by atoms with van der Waals surface area (Å²) in [5.74, 6) is 0.333. The van der Waals surface area contributed by atoms with Gasteiger partial charge in [-0.1, -0.05) is 26.5 Å². The molecule has 0 heterocycles. The van der Waals surface area contributed by atoms with Crippen molar-refractivity contribution in [1.29, 1.82) is 0 Å². The number of methoxy groups -OCH3 is 1. The molecule has 0 fully saturated rings. The van der Waals surface area contributed by atoms with E-state index in [9.17, 15) is 9.90 Å². The lowest BCUT2D eigenvalue weighted by atomic mass is 10.0. The molecular weight excluding hydrogens is 350 g/mol. The second kappa shape index (κ2) is 8.80. The van der Waals surface area contributed by atoms with E-state index in [0.29, 0.717) is 24.7 Å². The maximum absolute atomic E-state index is 11.2. The molecule has 0 saturated heterocycles. The quantitative estimate of drug-likeness (QED) is 0.652. The average Bonchev–Trinajstić information content (AvgIpc) is 2.45. The van der Waals surface area contributed by atoms with Crippen LogP contribution in [0.3, 0.4) is 0 Å². The zero-order chi connectivity index (χ0) is 16.7. The van der Waals surface area contributed by atoms with E-state index in [-0.39, 0.29) is 5.92 Å². The van der Waals surface area contributed by atoms with Crippen LogP contribution in [0.15, 0.2) is 29.3 Å². The van der Waals surface area contributed by atoms with Crippen molar-refractivity contribution in [3.63, 3.8) is 0 Å². The van der Waals surface area contributed by atoms with Gasteiger partial charge in [0.1, 0.15) is 12.6 Å². The number of carboxylic acids is 1. The van der Waals surface area contributed by atoms with E-state index in [4.69, 9.17) is 9.47 Å². The first-order valence-corrected chi connectivity index (χ1v) is 7.76. The number of nitrogens with one attached hydrogen (secondary N) is 1. The highest BCUT2D eigenvalue weighted by Gasteiger charge is 2.21. The van der Waals surface area contributed by atoms with Crippen molar-refractivity contribution in [2.24, 2.45) is 5.92 Å². The normalized spacial score (nSPS) is 12.0. The van der Waals surface area contributed by atoms with E-state index < -0.39 is 12.0 Å². The fourth-order valence-corrected chi connectivity index (χ4v) is 2.60. The molecule has 1 unspecified atom stereocenters. The minimum atomic E-state index is -0.855. The lowest BCUT2D eigenvalue weighted by molar-refractivity contribution is -0.140. The van der Waals surface area contributed by atoms with Crippen LogP contribution >= 0.6 is 15.9 Å². The monoisotopic (exact) mass is 371 g/mol. The maximum Gasteiger partial charge on any atom is 0.320 e. The van der Waals surface area contributed by atoms with Gasteiger partial charge in [0.2, 0.25) is 0 Å². The lowest BCUT2D eigenvalue weighted by Crippen LogP contribution is -2.40. The third-order valence-electron chi connectivity index (χ3n) is 3.09. The fraction of sp³-hybridized carbons (Fsp3) is 0.438. The van der Waals surface area contributed by atoms with Crippen molar-refractivity contribution in [1.82, 2.24) is 5.32 Å². The summed E-state index contributed by atoms with van der Waals surface area (Å²) in [5.41, 5.74) is 0.904. The van der Waals surface area contributed by atoms with Crippen molar-refractivity contribution in [2.75, 3.05) is 13.7 Å². The number of hydrogen-bond donors (Lipinski definition) is 2. The van der Waals surface area contributed by atoms with Gasteiger partial charge in [-0.2, -0.15) is 0 Å². The molecular formula is C16H22BrNO4. The van der Waals surface area contributed by atoms with E-state index in [0.717, 1.165) is 10.0 Å². The minimum Gasteiger partial charge on any atom is -0.493 e. The molecule has 0 aliphatic heterocycles. The SMILES string of the molecule is C=CCOc1c(Br)cc(CNC(C(=O)O)C(C)C)cc1OC. The third-order valence-corrected chi connectivity index (χ3v) is 3.68. The largest absolute Gasteiger partial charge is 0.493 e. The first-order valence-electron chi connectivity index (χ1n) is 6.97. The van der Waals surface area contributed by atoms with E-state index in [1.165, 1.54) is 0 Å². The van der Waals surface area contributed by atoms with Gasteiger partial charge in [-0.25, -0.2) is 0 Å². The molecule has 0 amide bonds. The summed E-state index contributed by atoms with van der Waals surface area (Å²) in [6.45, 7) is 8.15. The van der Waals surface area contributed by atoms with Gasteiger partial charge in [-0.3, -0.25) is 4.79 Å². The van der Waals surface area contributed by atoms with Crippen molar-refractivity contribution in [3.8, 4) is 11.5 Å². The Hall–Kier alpha value is -1.53. The Balaban J connectivity index is 2.90. The standard InChI is InChI=1S/C16H22BrNO4/c1-5-6-22-15-12(17)7-11(8-13(15)21-4)9-18-14(10(2)3)16(19)20/h5,7-8,10,14,18H,1,6,9H2,2-4H3,(H,19,20). The van der Waals surface area contributed by atoms with Crippen molar-refractivity contribution >= 4 is 21.9 Å². The molecule has 1 rings (SSSR count). The minimum absolute atomic E-state index is 0.00182. The number of benzene rings is 1. The molecule has 0 radical (unpaired) electrons. The zero-order valence-corrected chi connectivity index (χ0v) is 14.6. The highest BCUT2D eigenvalue weighted by atomic mass is 79.9. The number of ether oxygens (including phenoxy) is 2. The summed E-state index contributed by atoms with van der Waals surface area (Å²) >= 11 is 3.45. The second-order valence-corrected chi connectivity index (χ2v) is 6.00. The molecule has 0 aliphatic carbocycles. The molecule has 2 N–H and O–H groups in total. The topological polar surface area (TPSA) is 67.8 Å². The predicted octanol–water partition coefficient (Wildman–Crippen LogP) is 3.22. The van der Waals surface area contributed by atoms with E-state index in [2.05, 4.69) is 27.8 Å². The van der Waals surface area contributed by atoms with Crippen molar-refractivity contribution in [3.05, 3.63) is 34.8 Å². The van der Waals surface area contributed by atoms with Gasteiger partial charge in [0.05, 0.1) is 11.6 Å². The van der Waals surface area contributed by atoms with E-state index >= 15 is 0 Å². The fourth-order valence-electron chi connectivity index (χ4n) is 1.99. The molecule has 122 valence electrons. The Bertz CT molecular complexity index is 531. The molecule has 5 nitrogen and oxygen atoms in total. The Kier molecular flexibility index (Phi) is 7.41. The molecule has 1 atom stereocenters. The van der Waals surface area contributed by atoms with Crippen LogP contribution in [0.25, 0.3) is 0 Å². The van der Waals surface area contributed by atoms with Crippen molar-refractivity contribution < 1.29 is 19.4 Å². The molecule has 0 bridgehead atoms. The van der Waals surface area contributed by atoms with Crippen LogP contribution in [0, 0.1) is 5.92 Å². The van der Waals surface area contributed by atoms with Crippen LogP contribution in [0.2, 0.25) is 0 Å². The van der Waals surface area contributed by atoms with Crippen LogP contribution in [0.1, 0.15) is 19.4 Å². The smallest absolute Gasteiger partial charge is 0.320 e. The highest BCUT2D eigenvalue weighted by molar-refractivity contribution is 9.10. The molecule has 0 aliphatic rings. The third kappa shape index (κ3) is 5.03. The Morgan fingerprint density at radius 1 is 1.50 bits per heavy atom. The Morgan fingerprint density at radius 2 is 2.18 bits per heavy atom. The summed E-state index contributed by atoms with van der Waals surface area (Å²) in [6, 6.07) is 3.12. The molecule has 6 heteroatoms. The second-order valence-electron chi connectivity index (χ2n) is 5.15. The Labute approximate surface area is 139 Å². The Morgan fingerprint density at radius 3 is 2.68 bits per heavy atom. The van der Waals surface area contributed by atoms with Crippen LogP contribution in [0.5, 0.6) is 11.5 Å². The van der Waals surface area contributed by atoms with Gasteiger partial charge in [0.25, 0.3) is 0 Å². The lowest BCUT2D eigenvalue weighted by Gasteiger charge is -2.19. The van der Waals surface area contributed by atoms with Crippen LogP contribution < -0.4 is 14.8 Å². The van der Waals surface area contributed by atoms with Gasteiger partial charge in [-0.15, -0.1) is 0 Å². The van der Waals surface area contributed by atoms with E-state index in [1.807, 2.05) is 26.0 Å². The van der Waals surface area contributed by atoms with Gasteiger partial charge in [0, 0.05) is 6.54 Å². The summed E-state index contributed by atoms with van der Waals surface area (Å²) in [4.78, 5) is 11.2.